The predicted molar refractivity (Wildman–Crippen MR) is 85.9 cm³/mol. The van der Waals surface area contributed by atoms with Crippen LogP contribution in [0.4, 0.5) is 5.82 Å². The van der Waals surface area contributed by atoms with Crippen LogP contribution in [0.1, 0.15) is 30.9 Å². The van der Waals surface area contributed by atoms with Gasteiger partial charge in [-0.3, -0.25) is 0 Å². The second-order valence-corrected chi connectivity index (χ2v) is 5.50. The third-order valence-corrected chi connectivity index (χ3v) is 3.24. The second kappa shape index (κ2) is 7.07. The molecular formula is C17H23N3O. The maximum absolute atomic E-state index is 5.40. The Balaban J connectivity index is 2.30. The van der Waals surface area contributed by atoms with Crippen molar-refractivity contribution in [1.82, 2.24) is 9.97 Å². The summed E-state index contributed by atoms with van der Waals surface area (Å²) >= 11 is 0. The molecule has 4 heteroatoms. The SMILES string of the molecule is CNc1cc(CC(C)C)nc(Cc2ccccc2OC)n1. The molecule has 0 bridgehead atoms. The molecule has 0 atom stereocenters. The molecule has 0 saturated carbocycles. The number of aromatic nitrogens is 2. The Hall–Kier alpha value is -2.10. The van der Waals surface area contributed by atoms with Crippen LogP contribution in [0.5, 0.6) is 5.75 Å². The molecule has 0 aliphatic carbocycles. The van der Waals surface area contributed by atoms with Gasteiger partial charge in [-0.15, -0.1) is 0 Å². The molecule has 0 aliphatic rings. The minimum Gasteiger partial charge on any atom is -0.496 e. The van der Waals surface area contributed by atoms with Crippen LogP contribution in [-0.4, -0.2) is 24.1 Å². The summed E-state index contributed by atoms with van der Waals surface area (Å²) in [5, 5.41) is 3.11. The van der Waals surface area contributed by atoms with Gasteiger partial charge in [-0.1, -0.05) is 32.0 Å². The van der Waals surface area contributed by atoms with Crippen molar-refractivity contribution in [2.75, 3.05) is 19.5 Å². The minimum atomic E-state index is 0.573. The van der Waals surface area contributed by atoms with Gasteiger partial charge in [-0.05, 0) is 18.4 Å². The third kappa shape index (κ3) is 4.18. The maximum atomic E-state index is 5.40. The summed E-state index contributed by atoms with van der Waals surface area (Å²) in [7, 11) is 3.57. The standard InChI is InChI=1S/C17H23N3O/c1-12(2)9-14-11-16(18-3)20-17(19-14)10-13-7-5-6-8-15(13)21-4/h5-8,11-12H,9-10H2,1-4H3,(H,18,19,20). The molecule has 1 aromatic heterocycles. The van der Waals surface area contributed by atoms with E-state index in [0.717, 1.165) is 35.1 Å². The number of hydrogen-bond acceptors (Lipinski definition) is 4. The molecule has 0 saturated heterocycles. The molecule has 2 rings (SSSR count). The Morgan fingerprint density at radius 2 is 1.95 bits per heavy atom. The first kappa shape index (κ1) is 15.3. The van der Waals surface area contributed by atoms with Crippen molar-refractivity contribution < 1.29 is 4.74 Å². The normalized spacial score (nSPS) is 10.7. The molecule has 0 radical (unpaired) electrons. The summed E-state index contributed by atoms with van der Waals surface area (Å²) in [5.74, 6) is 3.14. The summed E-state index contributed by atoms with van der Waals surface area (Å²) in [5.41, 5.74) is 2.18. The molecule has 0 unspecified atom stereocenters. The smallest absolute Gasteiger partial charge is 0.135 e. The summed E-state index contributed by atoms with van der Waals surface area (Å²) < 4.78 is 5.40. The number of hydrogen-bond donors (Lipinski definition) is 1. The van der Waals surface area contributed by atoms with Gasteiger partial charge in [0.25, 0.3) is 0 Å². The third-order valence-electron chi connectivity index (χ3n) is 3.24. The van der Waals surface area contributed by atoms with Crippen molar-refractivity contribution in [2.24, 2.45) is 5.92 Å². The Bertz CT molecular complexity index is 596. The largest absolute Gasteiger partial charge is 0.496 e. The maximum Gasteiger partial charge on any atom is 0.135 e. The first-order valence-corrected chi connectivity index (χ1v) is 7.29. The molecule has 0 aliphatic heterocycles. The Morgan fingerprint density at radius 3 is 2.62 bits per heavy atom. The lowest BCUT2D eigenvalue weighted by Crippen LogP contribution is -2.07. The van der Waals surface area contributed by atoms with E-state index in [0.29, 0.717) is 12.3 Å². The van der Waals surface area contributed by atoms with Crippen molar-refractivity contribution in [2.45, 2.75) is 26.7 Å². The highest BCUT2D eigenvalue weighted by molar-refractivity contribution is 5.39. The number of nitrogens with zero attached hydrogens (tertiary/aromatic N) is 2. The molecule has 0 fully saturated rings. The van der Waals surface area contributed by atoms with Crippen molar-refractivity contribution >= 4 is 5.82 Å². The quantitative estimate of drug-likeness (QED) is 0.884. The lowest BCUT2D eigenvalue weighted by molar-refractivity contribution is 0.410. The van der Waals surface area contributed by atoms with Gasteiger partial charge in [0, 0.05) is 30.8 Å². The summed E-state index contributed by atoms with van der Waals surface area (Å²) in [4.78, 5) is 9.24. The number of nitrogens with one attached hydrogen (secondary N) is 1. The highest BCUT2D eigenvalue weighted by Crippen LogP contribution is 2.21. The topological polar surface area (TPSA) is 47.0 Å². The number of benzene rings is 1. The highest BCUT2D eigenvalue weighted by Gasteiger charge is 2.09. The van der Waals surface area contributed by atoms with Gasteiger partial charge in [0.1, 0.15) is 17.4 Å². The van der Waals surface area contributed by atoms with Crippen molar-refractivity contribution in [1.29, 1.82) is 0 Å². The zero-order valence-electron chi connectivity index (χ0n) is 13.2. The van der Waals surface area contributed by atoms with E-state index < -0.39 is 0 Å². The second-order valence-electron chi connectivity index (χ2n) is 5.50. The van der Waals surface area contributed by atoms with Gasteiger partial charge in [0.15, 0.2) is 0 Å². The molecule has 2 aromatic rings. The first-order chi connectivity index (χ1) is 10.1. The fraction of sp³-hybridized carbons (Fsp3) is 0.412. The predicted octanol–water partition coefficient (Wildman–Crippen LogP) is 3.32. The van der Waals surface area contributed by atoms with Gasteiger partial charge < -0.3 is 10.1 Å². The number of rotatable bonds is 6. The van der Waals surface area contributed by atoms with Crippen LogP contribution < -0.4 is 10.1 Å². The molecule has 112 valence electrons. The fourth-order valence-corrected chi connectivity index (χ4v) is 2.30. The molecule has 21 heavy (non-hydrogen) atoms. The van der Waals surface area contributed by atoms with Crippen LogP contribution in [0, 0.1) is 5.92 Å². The Labute approximate surface area is 126 Å². The van der Waals surface area contributed by atoms with Crippen LogP contribution in [0.15, 0.2) is 30.3 Å². The van der Waals surface area contributed by atoms with Crippen LogP contribution in [0.3, 0.4) is 0 Å². The van der Waals surface area contributed by atoms with Gasteiger partial charge in [0.2, 0.25) is 0 Å². The van der Waals surface area contributed by atoms with E-state index >= 15 is 0 Å². The Kier molecular flexibility index (Phi) is 5.14. The average molecular weight is 285 g/mol. The van der Waals surface area contributed by atoms with E-state index in [4.69, 9.17) is 4.74 Å². The van der Waals surface area contributed by atoms with Crippen molar-refractivity contribution in [3.8, 4) is 5.75 Å². The lowest BCUT2D eigenvalue weighted by Gasteiger charge is -2.11. The van der Waals surface area contributed by atoms with E-state index in [2.05, 4.69) is 35.2 Å². The van der Waals surface area contributed by atoms with Crippen LogP contribution in [0.25, 0.3) is 0 Å². The van der Waals surface area contributed by atoms with E-state index in [1.54, 1.807) is 7.11 Å². The molecule has 1 aromatic carbocycles. The number of para-hydroxylation sites is 1. The molecule has 0 spiro atoms. The molecule has 1 heterocycles. The van der Waals surface area contributed by atoms with Gasteiger partial charge in [0.05, 0.1) is 7.11 Å². The summed E-state index contributed by atoms with van der Waals surface area (Å²) in [6.07, 6.45) is 1.63. The molecular weight excluding hydrogens is 262 g/mol. The van der Waals surface area contributed by atoms with E-state index in [1.807, 2.05) is 31.3 Å². The lowest BCUT2D eigenvalue weighted by atomic mass is 10.1. The van der Waals surface area contributed by atoms with Crippen LogP contribution in [-0.2, 0) is 12.8 Å². The van der Waals surface area contributed by atoms with Crippen LogP contribution >= 0.6 is 0 Å². The summed E-state index contributed by atoms with van der Waals surface area (Å²) in [6.45, 7) is 4.39. The number of methoxy groups -OCH3 is 1. The zero-order valence-corrected chi connectivity index (χ0v) is 13.2. The van der Waals surface area contributed by atoms with Crippen LogP contribution in [0.2, 0.25) is 0 Å². The number of anilines is 1. The molecule has 4 nitrogen and oxygen atoms in total. The summed E-state index contributed by atoms with van der Waals surface area (Å²) in [6, 6.07) is 10.0. The molecule has 1 N–H and O–H groups in total. The van der Waals surface area contributed by atoms with Crippen molar-refractivity contribution in [3.05, 3.63) is 47.4 Å². The molecule has 0 amide bonds. The number of ether oxygens (including phenoxy) is 1. The monoisotopic (exact) mass is 285 g/mol. The van der Waals surface area contributed by atoms with Gasteiger partial charge in [-0.25, -0.2) is 9.97 Å². The van der Waals surface area contributed by atoms with Gasteiger partial charge in [-0.2, -0.15) is 0 Å². The van der Waals surface area contributed by atoms with Gasteiger partial charge >= 0.3 is 0 Å². The van der Waals surface area contributed by atoms with E-state index in [1.165, 1.54) is 0 Å². The van der Waals surface area contributed by atoms with Crippen molar-refractivity contribution in [3.63, 3.8) is 0 Å². The first-order valence-electron chi connectivity index (χ1n) is 7.29. The van der Waals surface area contributed by atoms with E-state index in [-0.39, 0.29) is 0 Å². The highest BCUT2D eigenvalue weighted by atomic mass is 16.5. The fourth-order valence-electron chi connectivity index (χ4n) is 2.30. The minimum absolute atomic E-state index is 0.573. The van der Waals surface area contributed by atoms with E-state index in [9.17, 15) is 0 Å². The zero-order chi connectivity index (χ0) is 15.2. The Morgan fingerprint density at radius 1 is 1.19 bits per heavy atom. The average Bonchev–Trinajstić information content (AvgIpc) is 2.46.